The lowest BCUT2D eigenvalue weighted by Crippen LogP contribution is -2.45. The molecule has 2 aromatic carbocycles. The second-order valence-corrected chi connectivity index (χ2v) is 8.51. The molecule has 2 amide bonds. The average molecular weight is 436 g/mol. The van der Waals surface area contributed by atoms with Crippen molar-refractivity contribution in [2.45, 2.75) is 26.3 Å². The van der Waals surface area contributed by atoms with Crippen molar-refractivity contribution in [1.29, 1.82) is 0 Å². The van der Waals surface area contributed by atoms with Gasteiger partial charge >= 0.3 is 0 Å². The van der Waals surface area contributed by atoms with Crippen LogP contribution >= 0.6 is 11.3 Å². The van der Waals surface area contributed by atoms with Crippen molar-refractivity contribution in [3.8, 4) is 17.0 Å². The van der Waals surface area contributed by atoms with Crippen molar-refractivity contribution in [3.05, 3.63) is 64.5 Å². The number of nitrogens with zero attached hydrogens (tertiary/aromatic N) is 3. The molecule has 1 aliphatic rings. The molecule has 0 spiro atoms. The normalized spacial score (nSPS) is 13.0. The van der Waals surface area contributed by atoms with Crippen molar-refractivity contribution < 1.29 is 14.3 Å². The van der Waals surface area contributed by atoms with Crippen LogP contribution < -0.4 is 9.64 Å². The molecule has 0 unspecified atom stereocenters. The van der Waals surface area contributed by atoms with E-state index in [4.69, 9.17) is 9.72 Å². The maximum absolute atomic E-state index is 12.9. The molecule has 1 aliphatic heterocycles. The van der Waals surface area contributed by atoms with E-state index in [1.54, 1.807) is 23.3 Å². The Hall–Kier alpha value is -3.19. The van der Waals surface area contributed by atoms with E-state index in [-0.39, 0.29) is 25.0 Å². The van der Waals surface area contributed by atoms with Gasteiger partial charge in [0.25, 0.3) is 5.91 Å². The van der Waals surface area contributed by atoms with Crippen LogP contribution in [-0.2, 0) is 22.6 Å². The maximum Gasteiger partial charge on any atom is 0.265 e. The molecule has 0 bridgehead atoms. The number of likely N-dealkylation sites (N-methyl/N-ethyl adjacent to an activating group) is 1. The maximum atomic E-state index is 12.9. The summed E-state index contributed by atoms with van der Waals surface area (Å²) in [4.78, 5) is 33.4. The number of thiazole rings is 1. The lowest BCUT2D eigenvalue weighted by molar-refractivity contribution is -0.131. The van der Waals surface area contributed by atoms with Crippen LogP contribution in [0.3, 0.4) is 0 Å². The van der Waals surface area contributed by atoms with Gasteiger partial charge in [-0.1, -0.05) is 37.3 Å². The highest BCUT2D eigenvalue weighted by Gasteiger charge is 2.29. The minimum Gasteiger partial charge on any atom is -0.482 e. The molecule has 0 saturated heterocycles. The van der Waals surface area contributed by atoms with Crippen LogP contribution in [0.4, 0.5) is 5.69 Å². The number of carbonyl (C=O) groups excluding carboxylic acids is 2. The number of carbonyl (C=O) groups is 2. The Balaban J connectivity index is 1.55. The molecule has 160 valence electrons. The topological polar surface area (TPSA) is 62.7 Å². The third-order valence-corrected chi connectivity index (χ3v) is 6.10. The Labute approximate surface area is 186 Å². The molecular weight excluding hydrogens is 410 g/mol. The molecule has 31 heavy (non-hydrogen) atoms. The van der Waals surface area contributed by atoms with Crippen molar-refractivity contribution in [2.75, 3.05) is 25.1 Å². The summed E-state index contributed by atoms with van der Waals surface area (Å²) in [5.41, 5.74) is 3.44. The van der Waals surface area contributed by atoms with Gasteiger partial charge in [0, 0.05) is 24.5 Å². The van der Waals surface area contributed by atoms with Crippen molar-refractivity contribution in [3.63, 3.8) is 0 Å². The number of ether oxygens (including phenoxy) is 1. The Kier molecular flexibility index (Phi) is 6.32. The van der Waals surface area contributed by atoms with Crippen LogP contribution in [0.5, 0.6) is 5.75 Å². The SMILES string of the molecule is CCCc1nc(-c2ccc3c(c2)N(CC(=O)N(C)Cc2ccccc2)C(=O)CO3)cs1. The second-order valence-electron chi connectivity index (χ2n) is 7.56. The second kappa shape index (κ2) is 9.31. The Morgan fingerprint density at radius 1 is 1.23 bits per heavy atom. The summed E-state index contributed by atoms with van der Waals surface area (Å²) in [6.07, 6.45) is 2.00. The molecule has 0 aliphatic carbocycles. The van der Waals surface area contributed by atoms with Gasteiger partial charge in [0.15, 0.2) is 6.61 Å². The predicted octanol–water partition coefficient (Wildman–Crippen LogP) is 4.15. The first-order chi connectivity index (χ1) is 15.0. The quantitative estimate of drug-likeness (QED) is 0.559. The van der Waals surface area contributed by atoms with Crippen molar-refractivity contribution in [1.82, 2.24) is 9.88 Å². The first kappa shape index (κ1) is 21.1. The largest absolute Gasteiger partial charge is 0.482 e. The van der Waals surface area contributed by atoms with Crippen LogP contribution in [0.2, 0.25) is 0 Å². The number of aryl methyl sites for hydroxylation is 1. The van der Waals surface area contributed by atoms with E-state index in [0.717, 1.165) is 34.7 Å². The third kappa shape index (κ3) is 4.77. The van der Waals surface area contributed by atoms with E-state index in [0.29, 0.717) is 18.0 Å². The summed E-state index contributed by atoms with van der Waals surface area (Å²) in [5.74, 6) is 0.247. The fraction of sp³-hybridized carbons (Fsp3) is 0.292. The highest BCUT2D eigenvalue weighted by molar-refractivity contribution is 7.09. The fourth-order valence-corrected chi connectivity index (χ4v) is 4.42. The zero-order valence-corrected chi connectivity index (χ0v) is 18.5. The molecule has 1 aromatic heterocycles. The average Bonchev–Trinajstić information content (AvgIpc) is 3.25. The summed E-state index contributed by atoms with van der Waals surface area (Å²) in [7, 11) is 1.75. The Bertz CT molecular complexity index is 1080. The predicted molar refractivity (Wildman–Crippen MR) is 122 cm³/mol. The fourth-order valence-electron chi connectivity index (χ4n) is 3.51. The highest BCUT2D eigenvalue weighted by atomic mass is 32.1. The molecule has 4 rings (SSSR count). The van der Waals surface area contributed by atoms with E-state index < -0.39 is 0 Å². The van der Waals surface area contributed by atoms with Gasteiger partial charge in [0.1, 0.15) is 12.3 Å². The number of fused-ring (bicyclic) bond motifs is 1. The van der Waals surface area contributed by atoms with Gasteiger partial charge in [0.05, 0.1) is 16.4 Å². The number of aromatic nitrogens is 1. The molecule has 2 heterocycles. The molecule has 0 atom stereocenters. The highest BCUT2D eigenvalue weighted by Crippen LogP contribution is 2.36. The number of hydrogen-bond donors (Lipinski definition) is 0. The van der Waals surface area contributed by atoms with E-state index in [2.05, 4.69) is 6.92 Å². The van der Waals surface area contributed by atoms with E-state index in [1.165, 1.54) is 4.90 Å². The molecule has 0 fully saturated rings. The van der Waals surface area contributed by atoms with Crippen molar-refractivity contribution >= 4 is 28.8 Å². The van der Waals surface area contributed by atoms with Crippen molar-refractivity contribution in [2.24, 2.45) is 0 Å². The number of anilines is 1. The summed E-state index contributed by atoms with van der Waals surface area (Å²) in [6.45, 7) is 2.52. The van der Waals surface area contributed by atoms with Crippen LogP contribution in [0.1, 0.15) is 23.9 Å². The molecule has 0 radical (unpaired) electrons. The molecule has 7 heteroatoms. The molecular formula is C24H25N3O3S. The van der Waals surface area contributed by atoms with Gasteiger partial charge in [-0.15, -0.1) is 11.3 Å². The van der Waals surface area contributed by atoms with Gasteiger partial charge < -0.3 is 9.64 Å². The first-order valence-electron chi connectivity index (χ1n) is 10.3. The van der Waals surface area contributed by atoms with Gasteiger partial charge in [-0.25, -0.2) is 4.98 Å². The van der Waals surface area contributed by atoms with E-state index >= 15 is 0 Å². The van der Waals surface area contributed by atoms with Crippen LogP contribution in [0, 0.1) is 0 Å². The molecule has 0 saturated carbocycles. The summed E-state index contributed by atoms with van der Waals surface area (Å²) >= 11 is 1.64. The minimum absolute atomic E-state index is 0.0276. The lowest BCUT2D eigenvalue weighted by Gasteiger charge is -2.30. The summed E-state index contributed by atoms with van der Waals surface area (Å²) < 4.78 is 5.60. The van der Waals surface area contributed by atoms with Crippen LogP contribution in [0.15, 0.2) is 53.9 Å². The number of hydrogen-bond acceptors (Lipinski definition) is 5. The Morgan fingerprint density at radius 2 is 2.03 bits per heavy atom. The third-order valence-electron chi connectivity index (χ3n) is 5.20. The molecule has 3 aromatic rings. The zero-order chi connectivity index (χ0) is 21.8. The van der Waals surface area contributed by atoms with Crippen LogP contribution in [-0.4, -0.2) is 41.9 Å². The first-order valence-corrected chi connectivity index (χ1v) is 11.2. The number of rotatable bonds is 7. The van der Waals surface area contributed by atoms with Gasteiger partial charge in [-0.2, -0.15) is 0 Å². The number of amides is 2. The monoisotopic (exact) mass is 435 g/mol. The summed E-state index contributed by atoms with van der Waals surface area (Å²) in [6, 6.07) is 15.5. The van der Waals surface area contributed by atoms with E-state index in [1.807, 2.05) is 53.9 Å². The lowest BCUT2D eigenvalue weighted by atomic mass is 10.1. The zero-order valence-electron chi connectivity index (χ0n) is 17.7. The standard InChI is InChI=1S/C24H25N3O3S/c1-3-7-22-25-19(16-31-22)18-10-11-21-20(12-18)27(24(29)15-30-21)14-23(28)26(2)13-17-8-5-4-6-9-17/h4-6,8-12,16H,3,7,13-15H2,1-2H3. The van der Waals surface area contributed by atoms with Crippen LogP contribution in [0.25, 0.3) is 11.3 Å². The van der Waals surface area contributed by atoms with Gasteiger partial charge in [0.2, 0.25) is 5.91 Å². The van der Waals surface area contributed by atoms with Gasteiger partial charge in [-0.05, 0) is 36.6 Å². The molecule has 0 N–H and O–H groups in total. The number of benzene rings is 2. The smallest absolute Gasteiger partial charge is 0.265 e. The summed E-state index contributed by atoms with van der Waals surface area (Å²) in [5, 5.41) is 3.12. The van der Waals surface area contributed by atoms with E-state index in [9.17, 15) is 9.59 Å². The van der Waals surface area contributed by atoms with Gasteiger partial charge in [-0.3, -0.25) is 14.5 Å². The Morgan fingerprint density at radius 3 is 2.81 bits per heavy atom. The molecule has 6 nitrogen and oxygen atoms in total. The minimum atomic E-state index is -0.226.